The van der Waals surface area contributed by atoms with Gasteiger partial charge < -0.3 is 4.74 Å². The Morgan fingerprint density at radius 3 is 1.84 bits per heavy atom. The van der Waals surface area contributed by atoms with Gasteiger partial charge in [-0.05, 0) is 13.3 Å². The molecule has 0 rings (SSSR count). The lowest BCUT2D eigenvalue weighted by Gasteiger charge is -2.30. The molecular formula is C10H13F7O2. The molecule has 1 atom stereocenters. The van der Waals surface area contributed by atoms with Crippen LogP contribution in [0.2, 0.25) is 0 Å². The lowest BCUT2D eigenvalue weighted by molar-refractivity contribution is -0.357. The molecule has 2 nitrogen and oxygen atoms in total. The van der Waals surface area contributed by atoms with Gasteiger partial charge in [0.15, 0.2) is 0 Å². The largest absolute Gasteiger partial charge is 0.466 e. The van der Waals surface area contributed by atoms with E-state index >= 15 is 0 Å². The third-order valence-corrected chi connectivity index (χ3v) is 2.43. The Balaban J connectivity index is 5.07. The summed E-state index contributed by atoms with van der Waals surface area (Å²) in [5.74, 6) is -14.5. The summed E-state index contributed by atoms with van der Waals surface area (Å²) >= 11 is 0. The lowest BCUT2D eigenvalue weighted by Crippen LogP contribution is -2.53. The van der Waals surface area contributed by atoms with Gasteiger partial charge in [-0.3, -0.25) is 4.79 Å². The highest BCUT2D eigenvalue weighted by Crippen LogP contribution is 2.49. The van der Waals surface area contributed by atoms with Gasteiger partial charge in [0.25, 0.3) is 0 Å². The normalized spacial score (nSPS) is 15.2. The average molecular weight is 298 g/mol. The number of carbonyl (C=O) groups excluding carboxylic acids is 1. The van der Waals surface area contributed by atoms with E-state index in [1.54, 1.807) is 0 Å². The average Bonchev–Trinajstić information content (AvgIpc) is 2.24. The Morgan fingerprint density at radius 2 is 1.53 bits per heavy atom. The Bertz CT molecular complexity index is 311. The molecule has 0 aromatic heterocycles. The van der Waals surface area contributed by atoms with Crippen LogP contribution in [0.15, 0.2) is 0 Å². The van der Waals surface area contributed by atoms with Crippen LogP contribution in [0.3, 0.4) is 0 Å². The molecule has 0 aliphatic carbocycles. The highest BCUT2D eigenvalue weighted by atomic mass is 19.4. The van der Waals surface area contributed by atoms with E-state index in [9.17, 15) is 35.5 Å². The zero-order chi connectivity index (χ0) is 15.5. The maximum absolute atomic E-state index is 13.1. The summed E-state index contributed by atoms with van der Waals surface area (Å²) in [6.07, 6.45) is -8.64. The van der Waals surface area contributed by atoms with Crippen molar-refractivity contribution in [1.29, 1.82) is 0 Å². The highest BCUT2D eigenvalue weighted by Gasteiger charge is 2.73. The SMILES string of the molecule is CCOC(=O)C(CC)CC(F)(F)C(F)(F)C(F)(F)F. The zero-order valence-electron chi connectivity index (χ0n) is 10.2. The van der Waals surface area contributed by atoms with Crippen LogP contribution in [-0.2, 0) is 9.53 Å². The first-order valence-corrected chi connectivity index (χ1v) is 5.39. The van der Waals surface area contributed by atoms with Crippen LogP contribution in [0.1, 0.15) is 26.7 Å². The molecule has 19 heavy (non-hydrogen) atoms. The van der Waals surface area contributed by atoms with Crippen LogP contribution in [-0.4, -0.2) is 30.6 Å². The van der Waals surface area contributed by atoms with Gasteiger partial charge in [0, 0.05) is 6.42 Å². The minimum atomic E-state index is -6.39. The number of alkyl halides is 7. The van der Waals surface area contributed by atoms with Gasteiger partial charge in [0.2, 0.25) is 0 Å². The Hall–Kier alpha value is -1.02. The summed E-state index contributed by atoms with van der Waals surface area (Å²) < 4.78 is 91.4. The molecule has 0 spiro atoms. The lowest BCUT2D eigenvalue weighted by atomic mass is 9.94. The molecular weight excluding hydrogens is 285 g/mol. The van der Waals surface area contributed by atoms with Crippen molar-refractivity contribution in [2.45, 2.75) is 44.7 Å². The predicted molar refractivity (Wildman–Crippen MR) is 51.0 cm³/mol. The highest BCUT2D eigenvalue weighted by molar-refractivity contribution is 5.72. The van der Waals surface area contributed by atoms with Gasteiger partial charge in [0.05, 0.1) is 12.5 Å². The molecule has 0 aromatic rings. The molecule has 0 bridgehead atoms. The van der Waals surface area contributed by atoms with E-state index in [-0.39, 0.29) is 13.0 Å². The first-order chi connectivity index (χ1) is 8.40. The predicted octanol–water partition coefficient (Wildman–Crippen LogP) is 3.80. The van der Waals surface area contributed by atoms with Crippen LogP contribution >= 0.6 is 0 Å². The van der Waals surface area contributed by atoms with Gasteiger partial charge >= 0.3 is 24.0 Å². The Kier molecular flexibility index (Phi) is 5.64. The quantitative estimate of drug-likeness (QED) is 0.551. The molecule has 9 heteroatoms. The molecule has 0 saturated carbocycles. The standard InChI is InChI=1S/C10H13F7O2/c1-3-6(7(18)19-4-2)5-8(11,12)9(13,14)10(15,16)17/h6H,3-5H2,1-2H3. The van der Waals surface area contributed by atoms with Gasteiger partial charge in [-0.15, -0.1) is 0 Å². The van der Waals surface area contributed by atoms with Crippen molar-refractivity contribution in [3.05, 3.63) is 0 Å². The van der Waals surface area contributed by atoms with Gasteiger partial charge in [-0.1, -0.05) is 6.92 Å². The molecule has 0 amide bonds. The third-order valence-electron chi connectivity index (χ3n) is 2.43. The van der Waals surface area contributed by atoms with E-state index in [0.29, 0.717) is 0 Å². The number of carbonyl (C=O) groups is 1. The van der Waals surface area contributed by atoms with Crippen molar-refractivity contribution in [2.24, 2.45) is 5.92 Å². The topological polar surface area (TPSA) is 26.3 Å². The molecule has 0 aliphatic heterocycles. The van der Waals surface area contributed by atoms with E-state index in [0.717, 1.165) is 0 Å². The fourth-order valence-electron chi connectivity index (χ4n) is 1.30. The first kappa shape index (κ1) is 18.0. The molecule has 0 fully saturated rings. The van der Waals surface area contributed by atoms with E-state index in [1.165, 1.54) is 13.8 Å². The second-order valence-electron chi connectivity index (χ2n) is 3.84. The fraction of sp³-hybridized carbons (Fsp3) is 0.900. The summed E-state index contributed by atoms with van der Waals surface area (Å²) in [5.41, 5.74) is 0. The van der Waals surface area contributed by atoms with Gasteiger partial charge in [-0.2, -0.15) is 30.7 Å². The van der Waals surface area contributed by atoms with Crippen molar-refractivity contribution in [2.75, 3.05) is 6.61 Å². The maximum atomic E-state index is 13.1. The van der Waals surface area contributed by atoms with E-state index in [1.807, 2.05) is 0 Å². The molecule has 114 valence electrons. The van der Waals surface area contributed by atoms with Crippen molar-refractivity contribution in [3.63, 3.8) is 0 Å². The first-order valence-electron chi connectivity index (χ1n) is 5.39. The number of rotatable bonds is 6. The van der Waals surface area contributed by atoms with Crippen LogP contribution in [0.4, 0.5) is 30.7 Å². The minimum Gasteiger partial charge on any atom is -0.466 e. The van der Waals surface area contributed by atoms with E-state index in [2.05, 4.69) is 4.74 Å². The van der Waals surface area contributed by atoms with Gasteiger partial charge in [-0.25, -0.2) is 0 Å². The molecule has 1 unspecified atom stereocenters. The maximum Gasteiger partial charge on any atom is 0.459 e. The van der Waals surface area contributed by atoms with E-state index < -0.39 is 36.3 Å². The number of hydrogen-bond donors (Lipinski definition) is 0. The van der Waals surface area contributed by atoms with Crippen LogP contribution in [0.5, 0.6) is 0 Å². The number of halogens is 7. The molecule has 0 heterocycles. The monoisotopic (exact) mass is 298 g/mol. The summed E-state index contributed by atoms with van der Waals surface area (Å²) in [4.78, 5) is 11.1. The van der Waals surface area contributed by atoms with Crippen LogP contribution < -0.4 is 0 Å². The van der Waals surface area contributed by atoms with Crippen molar-refractivity contribution < 1.29 is 40.3 Å². The van der Waals surface area contributed by atoms with Crippen molar-refractivity contribution in [3.8, 4) is 0 Å². The Labute approximate surface area is 104 Å². The number of esters is 1. The van der Waals surface area contributed by atoms with Crippen molar-refractivity contribution in [1.82, 2.24) is 0 Å². The zero-order valence-corrected chi connectivity index (χ0v) is 10.2. The van der Waals surface area contributed by atoms with Crippen molar-refractivity contribution >= 4 is 5.97 Å². The van der Waals surface area contributed by atoms with Crippen LogP contribution in [0.25, 0.3) is 0 Å². The molecule has 0 aromatic carbocycles. The fourth-order valence-corrected chi connectivity index (χ4v) is 1.30. The molecule has 0 aliphatic rings. The number of ether oxygens (including phenoxy) is 1. The molecule has 0 saturated heterocycles. The number of hydrogen-bond acceptors (Lipinski definition) is 2. The third kappa shape index (κ3) is 3.97. The molecule has 0 N–H and O–H groups in total. The summed E-state index contributed by atoms with van der Waals surface area (Å²) in [7, 11) is 0. The van der Waals surface area contributed by atoms with E-state index in [4.69, 9.17) is 0 Å². The Morgan fingerprint density at radius 1 is 1.05 bits per heavy atom. The summed E-state index contributed by atoms with van der Waals surface area (Å²) in [6.45, 7) is 2.38. The summed E-state index contributed by atoms with van der Waals surface area (Å²) in [6, 6.07) is 0. The summed E-state index contributed by atoms with van der Waals surface area (Å²) in [5, 5.41) is 0. The minimum absolute atomic E-state index is 0.184. The molecule has 0 radical (unpaired) electrons. The van der Waals surface area contributed by atoms with Crippen LogP contribution in [0, 0.1) is 5.92 Å². The van der Waals surface area contributed by atoms with Gasteiger partial charge in [0.1, 0.15) is 0 Å². The smallest absolute Gasteiger partial charge is 0.459 e. The second-order valence-corrected chi connectivity index (χ2v) is 3.84. The second kappa shape index (κ2) is 5.96.